The molecule has 0 unspecified atom stereocenters. The summed E-state index contributed by atoms with van der Waals surface area (Å²) in [7, 11) is 1.56. The molecule has 3 rings (SSSR count). The summed E-state index contributed by atoms with van der Waals surface area (Å²) in [4.78, 5) is 25.8. The van der Waals surface area contributed by atoms with Crippen molar-refractivity contribution in [3.63, 3.8) is 0 Å². The Kier molecular flexibility index (Phi) is 4.77. The van der Waals surface area contributed by atoms with Gasteiger partial charge in [0.2, 0.25) is 0 Å². The molecular weight excluding hydrogens is 308 g/mol. The van der Waals surface area contributed by atoms with E-state index in [1.165, 1.54) is 0 Å². The van der Waals surface area contributed by atoms with Crippen LogP contribution in [0, 0.1) is 0 Å². The van der Waals surface area contributed by atoms with E-state index in [0.717, 1.165) is 5.69 Å². The molecule has 0 spiro atoms. The van der Waals surface area contributed by atoms with E-state index >= 15 is 0 Å². The van der Waals surface area contributed by atoms with Crippen molar-refractivity contribution in [2.45, 2.75) is 0 Å². The van der Waals surface area contributed by atoms with E-state index in [0.29, 0.717) is 30.2 Å². The zero-order chi connectivity index (χ0) is 16.9. The fourth-order valence-corrected chi connectivity index (χ4v) is 2.48. The first-order chi connectivity index (χ1) is 11.7. The molecule has 0 aromatic heterocycles. The van der Waals surface area contributed by atoms with Gasteiger partial charge in [0.1, 0.15) is 12.4 Å². The highest BCUT2D eigenvalue weighted by atomic mass is 16.5. The molecule has 1 N–H and O–H groups in total. The predicted octanol–water partition coefficient (Wildman–Crippen LogP) is 2.31. The van der Waals surface area contributed by atoms with Gasteiger partial charge in [-0.25, -0.2) is 0 Å². The maximum absolute atomic E-state index is 12.3. The molecule has 6 nitrogen and oxygen atoms in total. The van der Waals surface area contributed by atoms with Crippen molar-refractivity contribution < 1.29 is 19.1 Å². The topological polar surface area (TPSA) is 67.9 Å². The molecule has 1 saturated heterocycles. The van der Waals surface area contributed by atoms with Gasteiger partial charge in [-0.2, -0.15) is 0 Å². The van der Waals surface area contributed by atoms with E-state index in [-0.39, 0.29) is 18.4 Å². The Labute approximate surface area is 140 Å². The minimum Gasteiger partial charge on any atom is -0.497 e. The van der Waals surface area contributed by atoms with Crippen LogP contribution in [0.3, 0.4) is 0 Å². The number of ether oxygens (including phenoxy) is 2. The van der Waals surface area contributed by atoms with Crippen LogP contribution in [0.2, 0.25) is 0 Å². The molecule has 2 amide bonds. The van der Waals surface area contributed by atoms with Gasteiger partial charge in [-0.3, -0.25) is 9.59 Å². The molecule has 1 heterocycles. The Hall–Kier alpha value is -2.86. The molecule has 2 aromatic carbocycles. The van der Waals surface area contributed by atoms with Gasteiger partial charge in [-0.15, -0.1) is 0 Å². The molecule has 1 fully saturated rings. The van der Waals surface area contributed by atoms with E-state index in [4.69, 9.17) is 9.47 Å². The van der Waals surface area contributed by atoms with Crippen LogP contribution in [0.25, 0.3) is 0 Å². The number of anilines is 2. The van der Waals surface area contributed by atoms with Gasteiger partial charge in [-0.05, 0) is 42.5 Å². The van der Waals surface area contributed by atoms with E-state index in [2.05, 4.69) is 5.32 Å². The van der Waals surface area contributed by atoms with Crippen molar-refractivity contribution in [3.8, 4) is 5.75 Å². The first-order valence-electron chi connectivity index (χ1n) is 7.61. The lowest BCUT2D eigenvalue weighted by molar-refractivity contribution is -0.125. The fourth-order valence-electron chi connectivity index (χ4n) is 2.48. The lowest BCUT2D eigenvalue weighted by Crippen LogP contribution is -2.41. The number of nitrogens with one attached hydrogen (secondary N) is 1. The van der Waals surface area contributed by atoms with E-state index < -0.39 is 0 Å². The minimum absolute atomic E-state index is 0.0607. The van der Waals surface area contributed by atoms with Gasteiger partial charge < -0.3 is 19.7 Å². The highest BCUT2D eigenvalue weighted by molar-refractivity contribution is 6.04. The normalized spacial score (nSPS) is 14.4. The summed E-state index contributed by atoms with van der Waals surface area (Å²) in [5.41, 5.74) is 1.97. The highest BCUT2D eigenvalue weighted by Crippen LogP contribution is 2.20. The Morgan fingerprint density at radius 1 is 1.21 bits per heavy atom. The number of benzene rings is 2. The van der Waals surface area contributed by atoms with Gasteiger partial charge in [0, 0.05) is 23.5 Å². The van der Waals surface area contributed by atoms with E-state index in [1.807, 2.05) is 12.1 Å². The van der Waals surface area contributed by atoms with Crippen LogP contribution >= 0.6 is 0 Å². The van der Waals surface area contributed by atoms with Crippen molar-refractivity contribution in [1.29, 1.82) is 0 Å². The Balaban J connectivity index is 1.69. The number of nitrogens with zero attached hydrogens (tertiary/aromatic N) is 1. The number of carbonyl (C=O) groups excluding carboxylic acids is 2. The van der Waals surface area contributed by atoms with Crippen LogP contribution in [-0.2, 0) is 9.53 Å². The maximum Gasteiger partial charge on any atom is 0.255 e. The number of methoxy groups -OCH3 is 1. The summed E-state index contributed by atoms with van der Waals surface area (Å²) in [6.45, 7) is 1.17. The van der Waals surface area contributed by atoms with Crippen molar-refractivity contribution in [1.82, 2.24) is 0 Å². The molecule has 24 heavy (non-hydrogen) atoms. The van der Waals surface area contributed by atoms with Crippen LogP contribution in [0.5, 0.6) is 5.75 Å². The number of morpholine rings is 1. The molecule has 124 valence electrons. The summed E-state index contributed by atoms with van der Waals surface area (Å²) >= 11 is 0. The van der Waals surface area contributed by atoms with E-state index in [1.54, 1.807) is 48.4 Å². The molecule has 0 saturated carbocycles. The quantitative estimate of drug-likeness (QED) is 0.936. The highest BCUT2D eigenvalue weighted by Gasteiger charge is 2.20. The number of amides is 2. The Bertz CT molecular complexity index is 743. The van der Waals surface area contributed by atoms with Gasteiger partial charge >= 0.3 is 0 Å². The average molecular weight is 326 g/mol. The molecule has 1 aliphatic heterocycles. The van der Waals surface area contributed by atoms with Crippen LogP contribution in [0.4, 0.5) is 11.4 Å². The maximum atomic E-state index is 12.3. The molecule has 0 atom stereocenters. The van der Waals surface area contributed by atoms with Gasteiger partial charge in [0.15, 0.2) is 0 Å². The van der Waals surface area contributed by atoms with Gasteiger partial charge in [0.25, 0.3) is 11.8 Å². The number of hydrogen-bond acceptors (Lipinski definition) is 4. The first kappa shape index (κ1) is 16.0. The third-order valence-electron chi connectivity index (χ3n) is 3.75. The third kappa shape index (κ3) is 3.55. The predicted molar refractivity (Wildman–Crippen MR) is 90.6 cm³/mol. The summed E-state index contributed by atoms with van der Waals surface area (Å²) in [5, 5.41) is 2.83. The monoisotopic (exact) mass is 326 g/mol. The molecular formula is C18H18N2O4. The summed E-state index contributed by atoms with van der Waals surface area (Å²) in [6, 6.07) is 14.1. The smallest absolute Gasteiger partial charge is 0.255 e. The zero-order valence-electron chi connectivity index (χ0n) is 13.3. The lowest BCUT2D eigenvalue weighted by Gasteiger charge is -2.26. The second-order valence-electron chi connectivity index (χ2n) is 5.33. The van der Waals surface area contributed by atoms with Crippen molar-refractivity contribution in [2.24, 2.45) is 0 Å². The summed E-state index contributed by atoms with van der Waals surface area (Å²) in [5.74, 6) is 0.349. The molecule has 6 heteroatoms. The van der Waals surface area contributed by atoms with Crippen LogP contribution in [0.15, 0.2) is 48.5 Å². The van der Waals surface area contributed by atoms with Crippen LogP contribution in [-0.4, -0.2) is 38.7 Å². The average Bonchev–Trinajstić information content (AvgIpc) is 2.63. The van der Waals surface area contributed by atoms with Crippen molar-refractivity contribution in [3.05, 3.63) is 54.1 Å². The van der Waals surface area contributed by atoms with Gasteiger partial charge in [0.05, 0.1) is 13.7 Å². The Morgan fingerprint density at radius 3 is 2.71 bits per heavy atom. The fraction of sp³-hybridized carbons (Fsp3) is 0.222. The number of hydrogen-bond donors (Lipinski definition) is 1. The minimum atomic E-state index is -0.218. The molecule has 0 radical (unpaired) electrons. The number of carbonyl (C=O) groups is 2. The Morgan fingerprint density at radius 2 is 2.00 bits per heavy atom. The lowest BCUT2D eigenvalue weighted by atomic mass is 10.2. The zero-order valence-corrected chi connectivity index (χ0v) is 13.3. The van der Waals surface area contributed by atoms with Crippen LogP contribution in [0.1, 0.15) is 10.4 Å². The largest absolute Gasteiger partial charge is 0.497 e. The SMILES string of the molecule is COc1cccc(C(=O)Nc2ccc(N3CCOCC3=O)cc2)c1. The second-order valence-corrected chi connectivity index (χ2v) is 5.33. The molecule has 1 aliphatic rings. The van der Waals surface area contributed by atoms with Crippen molar-refractivity contribution in [2.75, 3.05) is 37.1 Å². The van der Waals surface area contributed by atoms with Crippen molar-refractivity contribution >= 4 is 23.2 Å². The molecule has 2 aromatic rings. The van der Waals surface area contributed by atoms with E-state index in [9.17, 15) is 9.59 Å². The summed E-state index contributed by atoms with van der Waals surface area (Å²) in [6.07, 6.45) is 0. The van der Waals surface area contributed by atoms with Gasteiger partial charge in [-0.1, -0.05) is 6.07 Å². The molecule has 0 bridgehead atoms. The standard InChI is InChI=1S/C18H18N2O4/c1-23-16-4-2-3-13(11-16)18(22)19-14-5-7-15(8-6-14)20-9-10-24-12-17(20)21/h2-8,11H,9-10,12H2,1H3,(H,19,22). The van der Waals surface area contributed by atoms with Crippen LogP contribution < -0.4 is 15.0 Å². The molecule has 0 aliphatic carbocycles. The second kappa shape index (κ2) is 7.14. The first-order valence-corrected chi connectivity index (χ1v) is 7.61. The third-order valence-corrected chi connectivity index (χ3v) is 3.75. The summed E-state index contributed by atoms with van der Waals surface area (Å²) < 4.78 is 10.2. The number of rotatable bonds is 4.